The summed E-state index contributed by atoms with van der Waals surface area (Å²) in [4.78, 5) is 3.99. The van der Waals surface area contributed by atoms with E-state index < -0.39 is 0 Å². The van der Waals surface area contributed by atoms with Crippen molar-refractivity contribution in [2.24, 2.45) is 0 Å². The van der Waals surface area contributed by atoms with Crippen LogP contribution in [0.1, 0.15) is 12.5 Å². The molecular weight excluding hydrogens is 257 g/mol. The number of halogens is 2. The van der Waals surface area contributed by atoms with Crippen LogP contribution in [0.5, 0.6) is 5.88 Å². The van der Waals surface area contributed by atoms with Crippen molar-refractivity contribution < 1.29 is 9.84 Å². The molecule has 1 aromatic heterocycles. The molecular formula is C8H9BrClNO2. The topological polar surface area (TPSA) is 42.4 Å². The predicted molar refractivity (Wildman–Crippen MR) is 54.0 cm³/mol. The van der Waals surface area contributed by atoms with Crippen LogP contribution < -0.4 is 4.74 Å². The summed E-state index contributed by atoms with van der Waals surface area (Å²) in [5.74, 6) is 0.387. The van der Waals surface area contributed by atoms with Crippen LogP contribution in [-0.4, -0.2) is 16.7 Å². The van der Waals surface area contributed by atoms with Crippen LogP contribution in [0.15, 0.2) is 10.7 Å². The first-order chi connectivity index (χ1) is 6.20. The second kappa shape index (κ2) is 4.79. The van der Waals surface area contributed by atoms with Crippen LogP contribution in [0.4, 0.5) is 0 Å². The smallest absolute Gasteiger partial charge is 0.220 e. The highest BCUT2D eigenvalue weighted by atomic mass is 79.9. The van der Waals surface area contributed by atoms with Crippen LogP contribution >= 0.6 is 27.5 Å². The van der Waals surface area contributed by atoms with Gasteiger partial charge in [0, 0.05) is 6.20 Å². The SMILES string of the molecule is CCOc1ncc(Br)c(Cl)c1CO. The van der Waals surface area contributed by atoms with E-state index in [9.17, 15) is 0 Å². The van der Waals surface area contributed by atoms with Crippen molar-refractivity contribution in [2.75, 3.05) is 6.61 Å². The van der Waals surface area contributed by atoms with Gasteiger partial charge in [-0.2, -0.15) is 0 Å². The molecule has 5 heteroatoms. The number of nitrogens with zero attached hydrogens (tertiary/aromatic N) is 1. The zero-order valence-corrected chi connectivity index (χ0v) is 9.39. The maximum Gasteiger partial charge on any atom is 0.220 e. The molecule has 1 aromatic rings. The molecule has 0 aliphatic heterocycles. The van der Waals surface area contributed by atoms with Crippen LogP contribution in [-0.2, 0) is 6.61 Å². The van der Waals surface area contributed by atoms with Gasteiger partial charge >= 0.3 is 0 Å². The second-order valence-corrected chi connectivity index (χ2v) is 3.53. The van der Waals surface area contributed by atoms with E-state index in [1.165, 1.54) is 0 Å². The van der Waals surface area contributed by atoms with Gasteiger partial charge in [-0.05, 0) is 22.9 Å². The van der Waals surface area contributed by atoms with Crippen molar-refractivity contribution in [1.82, 2.24) is 4.98 Å². The highest BCUT2D eigenvalue weighted by Crippen LogP contribution is 2.30. The second-order valence-electron chi connectivity index (χ2n) is 2.29. The van der Waals surface area contributed by atoms with Gasteiger partial charge in [-0.25, -0.2) is 4.98 Å². The molecule has 0 aliphatic rings. The molecule has 0 bridgehead atoms. The van der Waals surface area contributed by atoms with Crippen molar-refractivity contribution in [3.63, 3.8) is 0 Å². The number of hydrogen-bond acceptors (Lipinski definition) is 3. The molecule has 0 aromatic carbocycles. The van der Waals surface area contributed by atoms with E-state index in [2.05, 4.69) is 20.9 Å². The van der Waals surface area contributed by atoms with Gasteiger partial charge in [-0.1, -0.05) is 11.6 Å². The van der Waals surface area contributed by atoms with E-state index in [1.54, 1.807) is 6.20 Å². The summed E-state index contributed by atoms with van der Waals surface area (Å²) in [7, 11) is 0. The van der Waals surface area contributed by atoms with Crippen molar-refractivity contribution in [2.45, 2.75) is 13.5 Å². The molecule has 0 amide bonds. The summed E-state index contributed by atoms with van der Waals surface area (Å²) >= 11 is 9.12. The number of rotatable bonds is 3. The summed E-state index contributed by atoms with van der Waals surface area (Å²) < 4.78 is 5.84. The van der Waals surface area contributed by atoms with Crippen molar-refractivity contribution >= 4 is 27.5 Å². The lowest BCUT2D eigenvalue weighted by molar-refractivity contribution is 0.263. The van der Waals surface area contributed by atoms with Crippen molar-refractivity contribution in [1.29, 1.82) is 0 Å². The molecule has 0 radical (unpaired) electrons. The van der Waals surface area contributed by atoms with E-state index in [0.717, 1.165) is 0 Å². The number of aliphatic hydroxyl groups excluding tert-OH is 1. The molecule has 1 rings (SSSR count). The minimum absolute atomic E-state index is 0.180. The molecule has 0 fully saturated rings. The van der Waals surface area contributed by atoms with Crippen molar-refractivity contribution in [3.05, 3.63) is 21.3 Å². The minimum Gasteiger partial charge on any atom is -0.478 e. The van der Waals surface area contributed by atoms with E-state index in [4.69, 9.17) is 21.4 Å². The summed E-state index contributed by atoms with van der Waals surface area (Å²) in [5.41, 5.74) is 0.512. The van der Waals surface area contributed by atoms with Crippen molar-refractivity contribution in [3.8, 4) is 5.88 Å². The summed E-state index contributed by atoms with van der Waals surface area (Å²) in [5, 5.41) is 9.47. The molecule has 0 unspecified atom stereocenters. The van der Waals surface area contributed by atoms with Crippen LogP contribution in [0.3, 0.4) is 0 Å². The molecule has 0 saturated carbocycles. The Bertz CT molecular complexity index is 306. The summed E-state index contributed by atoms with van der Waals surface area (Å²) in [6.45, 7) is 2.16. The van der Waals surface area contributed by atoms with Gasteiger partial charge in [0.15, 0.2) is 0 Å². The normalized spacial score (nSPS) is 10.2. The fraction of sp³-hybridized carbons (Fsp3) is 0.375. The molecule has 72 valence electrons. The average molecular weight is 267 g/mol. The van der Waals surface area contributed by atoms with E-state index in [1.807, 2.05) is 6.92 Å². The molecule has 1 N–H and O–H groups in total. The fourth-order valence-electron chi connectivity index (χ4n) is 0.886. The molecule has 0 spiro atoms. The van der Waals surface area contributed by atoms with Gasteiger partial charge in [0.25, 0.3) is 0 Å². The lowest BCUT2D eigenvalue weighted by Crippen LogP contribution is -2.00. The Balaban J connectivity index is 3.13. The van der Waals surface area contributed by atoms with Gasteiger partial charge in [0.1, 0.15) is 0 Å². The largest absolute Gasteiger partial charge is 0.478 e. The highest BCUT2D eigenvalue weighted by molar-refractivity contribution is 9.10. The zero-order valence-electron chi connectivity index (χ0n) is 7.05. The standard InChI is InChI=1S/C8H9BrClNO2/c1-2-13-8-5(4-12)7(10)6(9)3-11-8/h3,12H,2,4H2,1H3. The van der Waals surface area contributed by atoms with Gasteiger partial charge in [-0.3, -0.25) is 0 Å². The Morgan fingerprint density at radius 3 is 2.92 bits per heavy atom. The number of aromatic nitrogens is 1. The van der Waals surface area contributed by atoms with E-state index >= 15 is 0 Å². The van der Waals surface area contributed by atoms with Gasteiger partial charge < -0.3 is 9.84 Å². The third kappa shape index (κ3) is 2.33. The molecule has 0 aliphatic carbocycles. The molecule has 13 heavy (non-hydrogen) atoms. The summed E-state index contributed by atoms with van der Waals surface area (Å²) in [6, 6.07) is 0. The maximum atomic E-state index is 9.03. The Morgan fingerprint density at radius 1 is 1.69 bits per heavy atom. The minimum atomic E-state index is -0.180. The van der Waals surface area contributed by atoms with E-state index in [-0.39, 0.29) is 6.61 Å². The number of aliphatic hydroxyl groups is 1. The maximum absolute atomic E-state index is 9.03. The first-order valence-electron chi connectivity index (χ1n) is 3.77. The van der Waals surface area contributed by atoms with Crippen LogP contribution in [0, 0.1) is 0 Å². The monoisotopic (exact) mass is 265 g/mol. The Morgan fingerprint density at radius 2 is 2.38 bits per heavy atom. The van der Waals surface area contributed by atoms with Gasteiger partial charge in [0.2, 0.25) is 5.88 Å². The third-order valence-corrected chi connectivity index (χ3v) is 2.73. The number of ether oxygens (including phenoxy) is 1. The molecule has 0 saturated heterocycles. The van der Waals surface area contributed by atoms with E-state index in [0.29, 0.717) is 27.5 Å². The van der Waals surface area contributed by atoms with Gasteiger partial charge in [0.05, 0.1) is 28.3 Å². The lowest BCUT2D eigenvalue weighted by atomic mass is 10.3. The highest BCUT2D eigenvalue weighted by Gasteiger charge is 2.11. The molecule has 3 nitrogen and oxygen atoms in total. The first kappa shape index (κ1) is 10.8. The molecule has 1 heterocycles. The average Bonchev–Trinajstić information content (AvgIpc) is 2.12. The van der Waals surface area contributed by atoms with Crippen LogP contribution in [0.25, 0.3) is 0 Å². The Kier molecular flexibility index (Phi) is 3.96. The fourth-order valence-corrected chi connectivity index (χ4v) is 1.42. The predicted octanol–water partition coefficient (Wildman–Crippen LogP) is 2.39. The third-order valence-electron chi connectivity index (χ3n) is 1.47. The lowest BCUT2D eigenvalue weighted by Gasteiger charge is -2.09. The Hall–Kier alpha value is -0.320. The molecule has 0 atom stereocenters. The Labute approximate surface area is 89.8 Å². The van der Waals surface area contributed by atoms with Gasteiger partial charge in [-0.15, -0.1) is 0 Å². The zero-order chi connectivity index (χ0) is 9.84. The number of pyridine rings is 1. The summed E-state index contributed by atoms with van der Waals surface area (Å²) in [6.07, 6.45) is 1.55. The van der Waals surface area contributed by atoms with Crippen LogP contribution in [0.2, 0.25) is 5.02 Å². The quantitative estimate of drug-likeness (QED) is 0.913. The number of hydrogen-bond donors (Lipinski definition) is 1. The first-order valence-corrected chi connectivity index (χ1v) is 4.94.